The van der Waals surface area contributed by atoms with Crippen LogP contribution in [0, 0.1) is 24.5 Å². The number of nitrogens with one attached hydrogen (secondary N) is 1. The Labute approximate surface area is 233 Å². The van der Waals surface area contributed by atoms with Crippen LogP contribution in [-0.2, 0) is 9.59 Å². The van der Waals surface area contributed by atoms with Crippen LogP contribution in [0.3, 0.4) is 0 Å². The van der Waals surface area contributed by atoms with Crippen LogP contribution in [0.15, 0.2) is 47.5 Å². The SMILES string of the molecule is C#C.COc1ccc(N=C(N)NC(=O)c2cc(F)cc(F)c2)cc1.O=C(CN1CCCCCC1=O)N1CCCC1. The van der Waals surface area contributed by atoms with Crippen molar-refractivity contribution in [1.82, 2.24) is 15.1 Å². The highest BCUT2D eigenvalue weighted by Gasteiger charge is 2.23. The number of hydrogen-bond donors (Lipinski definition) is 2. The first-order chi connectivity index (χ1) is 19.2. The van der Waals surface area contributed by atoms with Crippen molar-refractivity contribution < 1.29 is 27.9 Å². The lowest BCUT2D eigenvalue weighted by atomic mass is 10.2. The van der Waals surface area contributed by atoms with Gasteiger partial charge in [0.25, 0.3) is 5.91 Å². The molecule has 4 rings (SSSR count). The Morgan fingerprint density at radius 3 is 2.17 bits per heavy atom. The van der Waals surface area contributed by atoms with Gasteiger partial charge in [-0.25, -0.2) is 13.8 Å². The Hall–Kier alpha value is -4.46. The smallest absolute Gasteiger partial charge is 0.258 e. The van der Waals surface area contributed by atoms with Crippen molar-refractivity contribution in [3.8, 4) is 18.6 Å². The largest absolute Gasteiger partial charge is 0.497 e. The third-order valence-corrected chi connectivity index (χ3v) is 6.14. The van der Waals surface area contributed by atoms with Gasteiger partial charge < -0.3 is 20.3 Å². The number of carbonyl (C=O) groups is 3. The van der Waals surface area contributed by atoms with Crippen LogP contribution in [-0.4, -0.2) is 66.8 Å². The number of guanidine groups is 1. The summed E-state index contributed by atoms with van der Waals surface area (Å²) in [7, 11) is 1.53. The number of likely N-dealkylation sites (tertiary alicyclic amines) is 2. The standard InChI is InChI=1S/C15H13F2N3O2.C12H20N2O2.C2H2/c1-22-13-4-2-12(3-5-13)19-15(18)20-14(21)9-6-10(16)8-11(17)7-9;15-11-6-2-1-3-9-14(11)10-12(16)13-7-4-5-8-13;1-2/h2-8H,1H3,(H3,18,19,20,21);1-10H2;1-2H. The van der Waals surface area contributed by atoms with Gasteiger partial charge in [-0.1, -0.05) is 6.42 Å². The van der Waals surface area contributed by atoms with Gasteiger partial charge in [0.05, 0.1) is 19.3 Å². The number of nitrogens with zero attached hydrogens (tertiary/aromatic N) is 3. The Bertz CT molecular complexity index is 1170. The predicted molar refractivity (Wildman–Crippen MR) is 149 cm³/mol. The summed E-state index contributed by atoms with van der Waals surface area (Å²) in [6, 6.07) is 9.11. The minimum absolute atomic E-state index is 0.132. The Kier molecular flexibility index (Phi) is 13.1. The molecule has 214 valence electrons. The van der Waals surface area contributed by atoms with E-state index >= 15 is 0 Å². The van der Waals surface area contributed by atoms with E-state index < -0.39 is 17.5 Å². The molecule has 0 spiro atoms. The molecule has 0 aromatic heterocycles. The normalized spacial score (nSPS) is 15.1. The first-order valence-electron chi connectivity index (χ1n) is 12.9. The van der Waals surface area contributed by atoms with E-state index in [1.165, 1.54) is 7.11 Å². The second kappa shape index (κ2) is 16.5. The van der Waals surface area contributed by atoms with Crippen molar-refractivity contribution in [2.45, 2.75) is 38.5 Å². The van der Waals surface area contributed by atoms with E-state index in [2.05, 4.69) is 23.2 Å². The molecule has 0 bridgehead atoms. The Morgan fingerprint density at radius 1 is 0.975 bits per heavy atom. The van der Waals surface area contributed by atoms with Crippen LogP contribution >= 0.6 is 0 Å². The lowest BCUT2D eigenvalue weighted by Gasteiger charge is -2.23. The Balaban J connectivity index is 0.000000275. The van der Waals surface area contributed by atoms with Crippen LogP contribution < -0.4 is 15.8 Å². The van der Waals surface area contributed by atoms with Crippen molar-refractivity contribution in [3.63, 3.8) is 0 Å². The molecule has 0 atom stereocenters. The molecule has 0 unspecified atom stereocenters. The number of hydrogen-bond acceptors (Lipinski definition) is 5. The van der Waals surface area contributed by atoms with Crippen LogP contribution in [0.1, 0.15) is 48.9 Å². The van der Waals surface area contributed by atoms with E-state index in [4.69, 9.17) is 10.5 Å². The number of rotatable bonds is 5. The molecule has 9 nitrogen and oxygen atoms in total. The van der Waals surface area contributed by atoms with E-state index in [-0.39, 0.29) is 23.3 Å². The molecule has 2 aromatic carbocycles. The highest BCUT2D eigenvalue weighted by atomic mass is 19.1. The molecule has 11 heteroatoms. The van der Waals surface area contributed by atoms with Gasteiger partial charge in [-0.05, 0) is 62.1 Å². The van der Waals surface area contributed by atoms with Crippen molar-refractivity contribution in [2.24, 2.45) is 10.7 Å². The summed E-state index contributed by atoms with van der Waals surface area (Å²) in [5.74, 6) is -1.71. The number of nitrogens with two attached hydrogens (primary N) is 1. The molecule has 2 fully saturated rings. The van der Waals surface area contributed by atoms with Crippen molar-refractivity contribution in [1.29, 1.82) is 0 Å². The van der Waals surface area contributed by atoms with E-state index in [0.29, 0.717) is 30.5 Å². The third-order valence-electron chi connectivity index (χ3n) is 6.14. The lowest BCUT2D eigenvalue weighted by molar-refractivity contribution is -0.139. The topological polar surface area (TPSA) is 117 Å². The zero-order chi connectivity index (χ0) is 29.5. The molecule has 0 saturated carbocycles. The molecule has 3 N–H and O–H groups in total. The van der Waals surface area contributed by atoms with Gasteiger partial charge in [-0.15, -0.1) is 12.8 Å². The van der Waals surface area contributed by atoms with Crippen molar-refractivity contribution >= 4 is 29.4 Å². The summed E-state index contributed by atoms with van der Waals surface area (Å²) in [4.78, 5) is 43.0. The molecule has 2 aliphatic rings. The zero-order valence-corrected chi connectivity index (χ0v) is 22.6. The van der Waals surface area contributed by atoms with Crippen LogP contribution in [0.4, 0.5) is 14.5 Å². The van der Waals surface area contributed by atoms with Crippen molar-refractivity contribution in [2.75, 3.05) is 33.3 Å². The summed E-state index contributed by atoms with van der Waals surface area (Å²) in [5, 5.41) is 2.25. The first-order valence-corrected chi connectivity index (χ1v) is 12.9. The van der Waals surface area contributed by atoms with Gasteiger partial charge in [0, 0.05) is 37.7 Å². The zero-order valence-electron chi connectivity index (χ0n) is 22.6. The van der Waals surface area contributed by atoms with E-state index in [1.54, 1.807) is 29.2 Å². The molecule has 0 radical (unpaired) electrons. The number of aliphatic imine (C=N–C) groups is 1. The maximum absolute atomic E-state index is 13.1. The number of halogens is 2. The number of benzene rings is 2. The van der Waals surface area contributed by atoms with Crippen molar-refractivity contribution in [3.05, 3.63) is 59.7 Å². The third kappa shape index (κ3) is 10.4. The molecule has 2 heterocycles. The van der Waals surface area contributed by atoms with Gasteiger partial charge in [-0.2, -0.15) is 0 Å². The number of terminal acetylenes is 1. The second-order valence-corrected chi connectivity index (χ2v) is 9.02. The average molecular weight is 556 g/mol. The van der Waals surface area contributed by atoms with E-state index in [1.807, 2.05) is 4.90 Å². The van der Waals surface area contributed by atoms with E-state index in [9.17, 15) is 23.2 Å². The van der Waals surface area contributed by atoms with Gasteiger partial charge in [0.15, 0.2) is 0 Å². The molecule has 0 aliphatic carbocycles. The summed E-state index contributed by atoms with van der Waals surface area (Å²) >= 11 is 0. The number of amides is 3. The minimum Gasteiger partial charge on any atom is -0.497 e. The van der Waals surface area contributed by atoms with Crippen LogP contribution in [0.5, 0.6) is 5.75 Å². The van der Waals surface area contributed by atoms with Gasteiger partial charge in [-0.3, -0.25) is 19.7 Å². The highest BCUT2D eigenvalue weighted by molar-refractivity contribution is 6.05. The maximum atomic E-state index is 13.1. The van der Waals surface area contributed by atoms with Gasteiger partial charge in [0.2, 0.25) is 17.8 Å². The van der Waals surface area contributed by atoms with Gasteiger partial charge in [0.1, 0.15) is 17.4 Å². The fourth-order valence-corrected chi connectivity index (χ4v) is 4.13. The summed E-state index contributed by atoms with van der Waals surface area (Å²) < 4.78 is 31.1. The maximum Gasteiger partial charge on any atom is 0.258 e. The molecule has 40 heavy (non-hydrogen) atoms. The quantitative estimate of drug-likeness (QED) is 0.332. The number of carbonyl (C=O) groups excluding carboxylic acids is 3. The molecular weight excluding hydrogens is 520 g/mol. The molecule has 2 aliphatic heterocycles. The predicted octanol–water partition coefficient (Wildman–Crippen LogP) is 3.61. The van der Waals surface area contributed by atoms with E-state index in [0.717, 1.165) is 63.9 Å². The van der Waals surface area contributed by atoms with Crippen LogP contribution in [0.2, 0.25) is 0 Å². The highest BCUT2D eigenvalue weighted by Crippen LogP contribution is 2.17. The fraction of sp³-hybridized carbons (Fsp3) is 0.379. The molecule has 2 aromatic rings. The summed E-state index contributed by atoms with van der Waals surface area (Å²) in [5.41, 5.74) is 5.89. The first kappa shape index (κ1) is 31.8. The number of ether oxygens (including phenoxy) is 1. The number of methoxy groups -OCH3 is 1. The van der Waals surface area contributed by atoms with Gasteiger partial charge >= 0.3 is 0 Å². The lowest BCUT2D eigenvalue weighted by Crippen LogP contribution is -2.41. The molecule has 3 amide bonds. The second-order valence-electron chi connectivity index (χ2n) is 9.02. The average Bonchev–Trinajstić information content (AvgIpc) is 3.41. The summed E-state index contributed by atoms with van der Waals surface area (Å²) in [6.07, 6.45) is 14.0. The fourth-order valence-electron chi connectivity index (χ4n) is 4.13. The minimum atomic E-state index is -0.851. The molecular formula is C29H35F2N5O4. The van der Waals surface area contributed by atoms with Crippen LogP contribution in [0.25, 0.3) is 0 Å². The molecule has 2 saturated heterocycles. The Morgan fingerprint density at radius 2 is 1.57 bits per heavy atom. The summed E-state index contributed by atoms with van der Waals surface area (Å²) in [6.45, 7) is 2.82. The monoisotopic (exact) mass is 555 g/mol.